The summed E-state index contributed by atoms with van der Waals surface area (Å²) in [6, 6.07) is 7.42. The Bertz CT molecular complexity index is 795. The third-order valence-corrected chi connectivity index (χ3v) is 5.22. The molecule has 2 heterocycles. The van der Waals surface area contributed by atoms with Crippen molar-refractivity contribution in [2.45, 2.75) is 18.2 Å². The summed E-state index contributed by atoms with van der Waals surface area (Å²) < 4.78 is 27.0. The number of sulfonamides is 1. The van der Waals surface area contributed by atoms with Gasteiger partial charge in [0.25, 0.3) is 10.0 Å². The van der Waals surface area contributed by atoms with Gasteiger partial charge < -0.3 is 5.23 Å². The first-order chi connectivity index (χ1) is 10.1. The Morgan fingerprint density at radius 2 is 2.10 bits per heavy atom. The van der Waals surface area contributed by atoms with Crippen LogP contribution in [-0.2, 0) is 10.0 Å². The van der Waals surface area contributed by atoms with Gasteiger partial charge in [-0.3, -0.25) is 4.31 Å². The minimum Gasteiger partial charge on any atom is -0.404 e. The van der Waals surface area contributed by atoms with Crippen LogP contribution in [0, 0.1) is 0 Å². The van der Waals surface area contributed by atoms with Crippen molar-refractivity contribution in [3.05, 3.63) is 30.5 Å². The average Bonchev–Trinajstić information content (AvgIpc) is 2.51. The Balaban J connectivity index is 2.33. The van der Waals surface area contributed by atoms with Gasteiger partial charge in [0.1, 0.15) is 4.90 Å². The first-order valence-corrected chi connectivity index (χ1v) is 8.20. The topological polar surface area (TPSA) is 75.2 Å². The van der Waals surface area contributed by atoms with Crippen LogP contribution in [-0.4, -0.2) is 32.9 Å². The summed E-state index contributed by atoms with van der Waals surface area (Å²) in [5.41, 5.74) is 1.94. The molecule has 108 valence electrons. The number of para-hydroxylation sites is 1. The fourth-order valence-electron chi connectivity index (χ4n) is 2.46. The molecule has 0 radical (unpaired) electrons. The molecule has 0 saturated carbocycles. The molecule has 6 nitrogen and oxygen atoms in total. The van der Waals surface area contributed by atoms with Crippen molar-refractivity contribution in [1.82, 2.24) is 9.97 Å². The number of hydrogen-bond acceptors (Lipinski definition) is 5. The van der Waals surface area contributed by atoms with E-state index in [0.717, 1.165) is 12.0 Å². The van der Waals surface area contributed by atoms with E-state index in [-0.39, 0.29) is 4.90 Å². The van der Waals surface area contributed by atoms with Crippen LogP contribution in [0.2, 0.25) is 0 Å². The van der Waals surface area contributed by atoms with Gasteiger partial charge in [0, 0.05) is 12.1 Å². The van der Waals surface area contributed by atoms with Crippen molar-refractivity contribution in [1.29, 1.82) is 0 Å². The van der Waals surface area contributed by atoms with E-state index < -0.39 is 10.0 Å². The fourth-order valence-corrected chi connectivity index (χ4v) is 4.12. The number of anilines is 2. The molecular weight excluding hydrogens is 287 g/mol. The normalized spacial score (nSPS) is 15.2. The molecule has 8 heteroatoms. The molecular formula is C13H15BN4O2S. The van der Waals surface area contributed by atoms with Crippen LogP contribution in [0.25, 0.3) is 11.3 Å². The molecule has 1 aliphatic heterocycles. The average molecular weight is 302 g/mol. The maximum absolute atomic E-state index is 12.8. The Hall–Kier alpha value is -2.09. The maximum Gasteiger partial charge on any atom is 0.268 e. The first kappa shape index (κ1) is 13.9. The minimum absolute atomic E-state index is 0.161. The predicted molar refractivity (Wildman–Crippen MR) is 84.5 cm³/mol. The lowest BCUT2D eigenvalue weighted by Gasteiger charge is -2.31. The number of nitrogens with one attached hydrogen (secondary N) is 1. The summed E-state index contributed by atoms with van der Waals surface area (Å²) in [6.07, 6.45) is 2.11. The lowest BCUT2D eigenvalue weighted by molar-refractivity contribution is 0.588. The van der Waals surface area contributed by atoms with E-state index in [1.165, 1.54) is 10.5 Å². The highest BCUT2D eigenvalue weighted by Crippen LogP contribution is 2.41. The summed E-state index contributed by atoms with van der Waals surface area (Å²) in [6.45, 7) is 2.39. The zero-order chi connectivity index (χ0) is 15.0. The quantitative estimate of drug-likeness (QED) is 0.857. The fraction of sp³-hybridized carbons (Fsp3) is 0.231. The summed E-state index contributed by atoms with van der Waals surface area (Å²) in [5, 5.41) is 2.84. The molecule has 0 spiro atoms. The molecule has 2 aromatic rings. The Morgan fingerprint density at radius 1 is 1.33 bits per heavy atom. The summed E-state index contributed by atoms with van der Waals surface area (Å²) in [7, 11) is -1.90. The second kappa shape index (κ2) is 5.03. The SMILES string of the molecule is BNc1ncc2c(n1)-c1ccccc1N(CCC)S2(=O)=O. The van der Waals surface area contributed by atoms with E-state index in [2.05, 4.69) is 15.2 Å². The van der Waals surface area contributed by atoms with Crippen LogP contribution in [0.4, 0.5) is 11.6 Å². The van der Waals surface area contributed by atoms with E-state index in [1.807, 2.05) is 31.2 Å². The van der Waals surface area contributed by atoms with Gasteiger partial charge in [0.2, 0.25) is 13.9 Å². The van der Waals surface area contributed by atoms with Gasteiger partial charge in [-0.2, -0.15) is 0 Å². The summed E-state index contributed by atoms with van der Waals surface area (Å²) in [5.74, 6) is 0.405. The van der Waals surface area contributed by atoms with Crippen LogP contribution in [0.5, 0.6) is 0 Å². The third-order valence-electron chi connectivity index (χ3n) is 3.40. The van der Waals surface area contributed by atoms with Gasteiger partial charge >= 0.3 is 0 Å². The van der Waals surface area contributed by atoms with Crippen molar-refractivity contribution in [2.75, 3.05) is 16.1 Å². The second-order valence-corrected chi connectivity index (χ2v) is 6.58. The minimum atomic E-state index is -3.60. The number of hydrogen-bond donors (Lipinski definition) is 1. The number of fused-ring (bicyclic) bond motifs is 3. The third kappa shape index (κ3) is 2.06. The smallest absolute Gasteiger partial charge is 0.268 e. The van der Waals surface area contributed by atoms with Gasteiger partial charge in [-0.15, -0.1) is 0 Å². The van der Waals surface area contributed by atoms with Crippen molar-refractivity contribution < 1.29 is 8.42 Å². The Kier molecular flexibility index (Phi) is 3.33. The lowest BCUT2D eigenvalue weighted by Crippen LogP contribution is -2.35. The van der Waals surface area contributed by atoms with Crippen molar-refractivity contribution in [3.63, 3.8) is 0 Å². The zero-order valence-electron chi connectivity index (χ0n) is 11.9. The standard InChI is InChI=1S/C13H15BN4O2S/c1-2-7-18-10-6-4-3-5-9(10)12-11(21(18,19)20)8-15-13(16-12)17-14/h3-6,8H,2,7,14H2,1H3,(H,15,16,17). The van der Waals surface area contributed by atoms with Crippen molar-refractivity contribution in [2.24, 2.45) is 0 Å². The zero-order valence-corrected chi connectivity index (χ0v) is 12.7. The first-order valence-electron chi connectivity index (χ1n) is 6.76. The van der Waals surface area contributed by atoms with E-state index in [1.54, 1.807) is 7.98 Å². The number of aromatic nitrogens is 2. The molecule has 1 aromatic carbocycles. The van der Waals surface area contributed by atoms with E-state index in [0.29, 0.717) is 23.9 Å². The van der Waals surface area contributed by atoms with Gasteiger partial charge in [0.15, 0.2) is 0 Å². The van der Waals surface area contributed by atoms with Crippen LogP contribution in [0.1, 0.15) is 13.3 Å². The highest BCUT2D eigenvalue weighted by atomic mass is 32.2. The highest BCUT2D eigenvalue weighted by molar-refractivity contribution is 7.93. The van der Waals surface area contributed by atoms with Crippen LogP contribution >= 0.6 is 0 Å². The van der Waals surface area contributed by atoms with Gasteiger partial charge in [0.05, 0.1) is 17.6 Å². The van der Waals surface area contributed by atoms with Crippen LogP contribution in [0.15, 0.2) is 35.4 Å². The molecule has 3 rings (SSSR count). The maximum atomic E-state index is 12.8. The molecule has 0 bridgehead atoms. The second-order valence-electron chi connectivity index (χ2n) is 4.75. The van der Waals surface area contributed by atoms with E-state index >= 15 is 0 Å². The monoisotopic (exact) mass is 302 g/mol. The van der Waals surface area contributed by atoms with E-state index in [4.69, 9.17) is 0 Å². The molecule has 0 aliphatic carbocycles. The van der Waals surface area contributed by atoms with Crippen LogP contribution < -0.4 is 9.53 Å². The van der Waals surface area contributed by atoms with Gasteiger partial charge in [-0.1, -0.05) is 25.1 Å². The molecule has 0 fully saturated rings. The Labute approximate surface area is 124 Å². The van der Waals surface area contributed by atoms with Crippen molar-refractivity contribution in [3.8, 4) is 11.3 Å². The van der Waals surface area contributed by atoms with E-state index in [9.17, 15) is 8.42 Å². The molecule has 0 unspecified atom stereocenters. The molecule has 1 aliphatic rings. The molecule has 1 aromatic heterocycles. The van der Waals surface area contributed by atoms with Crippen LogP contribution in [0.3, 0.4) is 0 Å². The molecule has 21 heavy (non-hydrogen) atoms. The summed E-state index contributed by atoms with van der Waals surface area (Å²) in [4.78, 5) is 8.54. The van der Waals surface area contributed by atoms with Gasteiger partial charge in [-0.25, -0.2) is 18.4 Å². The number of rotatable bonds is 3. The van der Waals surface area contributed by atoms with Gasteiger partial charge in [-0.05, 0) is 12.5 Å². The molecule has 1 N–H and O–H groups in total. The molecule has 0 saturated heterocycles. The largest absolute Gasteiger partial charge is 0.404 e. The van der Waals surface area contributed by atoms with Crippen molar-refractivity contribution >= 4 is 29.6 Å². The lowest BCUT2D eigenvalue weighted by atomic mass is 10.1. The summed E-state index contributed by atoms with van der Waals surface area (Å²) >= 11 is 0. The highest BCUT2D eigenvalue weighted by Gasteiger charge is 2.35. The Morgan fingerprint density at radius 3 is 2.81 bits per heavy atom. The molecule has 0 amide bonds. The number of benzene rings is 1. The predicted octanol–water partition coefficient (Wildman–Crippen LogP) is 1.02. The number of nitrogens with zero attached hydrogens (tertiary/aromatic N) is 3. The molecule has 0 atom stereocenters.